The van der Waals surface area contributed by atoms with Crippen molar-refractivity contribution in [2.75, 3.05) is 0 Å². The van der Waals surface area contributed by atoms with Crippen molar-refractivity contribution in [1.82, 2.24) is 15.0 Å². The Kier molecular flexibility index (Phi) is 8.68. The maximum Gasteiger partial charge on any atom is 0.165 e. The minimum absolute atomic E-state index is 0.632. The van der Waals surface area contributed by atoms with E-state index in [1.165, 1.54) is 42.4 Å². The maximum atomic E-state index is 5.40. The molecule has 0 fully saturated rings. The van der Waals surface area contributed by atoms with Crippen molar-refractivity contribution in [3.8, 4) is 78.7 Å². The van der Waals surface area contributed by atoms with Gasteiger partial charge in [0.15, 0.2) is 17.5 Å². The van der Waals surface area contributed by atoms with Gasteiger partial charge in [0.1, 0.15) is 0 Å². The van der Waals surface area contributed by atoms with Gasteiger partial charge in [-0.2, -0.15) is 0 Å². The second-order valence-electron chi connectivity index (χ2n) is 14.8. The van der Waals surface area contributed by atoms with E-state index in [-0.39, 0.29) is 0 Å². The van der Waals surface area contributed by atoms with E-state index < -0.39 is 0 Å². The summed E-state index contributed by atoms with van der Waals surface area (Å²) in [5.74, 6) is 1.93. The Bertz CT molecular complexity index is 3280. The van der Waals surface area contributed by atoms with E-state index in [2.05, 4.69) is 206 Å². The normalized spacial score (nSPS) is 11.4. The third-order valence-corrected chi connectivity index (χ3v) is 12.4. The SMILES string of the molecule is c1ccc(-c2ccc(-c3ccc(-c4nc(-c5c(-c6ccc(-c7ccccc7)cc6)ccc6ccccc56)nc(-c5cccc6c5sc5ccccc56)n4)cc3)cc2)cc1. The third kappa shape index (κ3) is 6.46. The van der Waals surface area contributed by atoms with Crippen molar-refractivity contribution in [3.05, 3.63) is 212 Å². The van der Waals surface area contributed by atoms with Gasteiger partial charge >= 0.3 is 0 Å². The Balaban J connectivity index is 1.08. The van der Waals surface area contributed by atoms with Crippen molar-refractivity contribution in [3.63, 3.8) is 0 Å². The summed E-state index contributed by atoms with van der Waals surface area (Å²) in [4.78, 5) is 16.0. The molecule has 0 amide bonds. The molecule has 0 radical (unpaired) electrons. The highest BCUT2D eigenvalue weighted by Crippen LogP contribution is 2.42. The van der Waals surface area contributed by atoms with Crippen molar-refractivity contribution in [2.45, 2.75) is 0 Å². The lowest BCUT2D eigenvalue weighted by molar-refractivity contribution is 1.08. The Morgan fingerprint density at radius 2 is 0.746 bits per heavy atom. The van der Waals surface area contributed by atoms with Crippen LogP contribution < -0.4 is 0 Å². The molecule has 0 bridgehead atoms. The van der Waals surface area contributed by atoms with Gasteiger partial charge in [0.25, 0.3) is 0 Å². The Morgan fingerprint density at radius 1 is 0.271 bits per heavy atom. The highest BCUT2D eigenvalue weighted by Gasteiger charge is 2.20. The van der Waals surface area contributed by atoms with Gasteiger partial charge in [-0.25, -0.2) is 15.0 Å². The van der Waals surface area contributed by atoms with E-state index in [4.69, 9.17) is 15.0 Å². The molecule has 0 aliphatic carbocycles. The average Bonchev–Trinajstić information content (AvgIpc) is 3.71. The Morgan fingerprint density at radius 3 is 1.39 bits per heavy atom. The van der Waals surface area contributed by atoms with Crippen LogP contribution in [0.15, 0.2) is 212 Å². The van der Waals surface area contributed by atoms with E-state index in [1.54, 1.807) is 11.3 Å². The molecule has 2 heterocycles. The summed E-state index contributed by atoms with van der Waals surface area (Å²) in [6, 6.07) is 75.2. The largest absolute Gasteiger partial charge is 0.208 e. The first-order chi connectivity index (χ1) is 29.2. The fourth-order valence-electron chi connectivity index (χ4n) is 8.18. The Labute approximate surface area is 346 Å². The van der Waals surface area contributed by atoms with Gasteiger partial charge in [-0.3, -0.25) is 0 Å². The number of rotatable bonds is 7. The number of hydrogen-bond donors (Lipinski definition) is 0. The van der Waals surface area contributed by atoms with Crippen molar-refractivity contribution in [2.24, 2.45) is 0 Å². The zero-order valence-corrected chi connectivity index (χ0v) is 32.8. The van der Waals surface area contributed by atoms with Crippen LogP contribution in [-0.2, 0) is 0 Å². The minimum atomic E-state index is 0.632. The van der Waals surface area contributed by atoms with Crippen molar-refractivity contribution in [1.29, 1.82) is 0 Å². The van der Waals surface area contributed by atoms with E-state index in [9.17, 15) is 0 Å². The summed E-state index contributed by atoms with van der Waals surface area (Å²) >= 11 is 1.79. The van der Waals surface area contributed by atoms with Crippen LogP contribution in [-0.4, -0.2) is 15.0 Å². The van der Waals surface area contributed by atoms with Crippen LogP contribution in [0.5, 0.6) is 0 Å². The summed E-state index contributed by atoms with van der Waals surface area (Å²) in [6.45, 7) is 0. The summed E-state index contributed by atoms with van der Waals surface area (Å²) in [7, 11) is 0. The average molecular weight is 770 g/mol. The van der Waals surface area contributed by atoms with Gasteiger partial charge in [0.2, 0.25) is 0 Å². The molecule has 0 aliphatic rings. The van der Waals surface area contributed by atoms with Crippen LogP contribution >= 0.6 is 11.3 Å². The second-order valence-corrected chi connectivity index (χ2v) is 15.8. The van der Waals surface area contributed by atoms with Crippen LogP contribution in [0.2, 0.25) is 0 Å². The Hall–Kier alpha value is -7.53. The first kappa shape index (κ1) is 34.7. The molecule has 0 N–H and O–H groups in total. The molecule has 2 aromatic heterocycles. The van der Waals surface area contributed by atoms with E-state index >= 15 is 0 Å². The molecule has 0 spiro atoms. The fraction of sp³-hybridized carbons (Fsp3) is 0. The van der Waals surface area contributed by atoms with Gasteiger partial charge < -0.3 is 0 Å². The highest BCUT2D eigenvalue weighted by atomic mass is 32.1. The smallest absolute Gasteiger partial charge is 0.165 e. The summed E-state index contributed by atoms with van der Waals surface area (Å²) in [5, 5.41) is 4.67. The van der Waals surface area contributed by atoms with Crippen LogP contribution in [0.1, 0.15) is 0 Å². The molecule has 0 atom stereocenters. The monoisotopic (exact) mass is 769 g/mol. The molecule has 9 aromatic carbocycles. The lowest BCUT2D eigenvalue weighted by Gasteiger charge is -2.15. The van der Waals surface area contributed by atoms with Crippen LogP contribution in [0.4, 0.5) is 0 Å². The first-order valence-electron chi connectivity index (χ1n) is 19.8. The molecule has 0 unspecified atom stereocenters. The third-order valence-electron chi connectivity index (χ3n) is 11.2. The number of thiophene rings is 1. The molecule has 0 saturated heterocycles. The molecule has 276 valence electrons. The molecule has 0 saturated carbocycles. The molecular weight excluding hydrogens is 735 g/mol. The van der Waals surface area contributed by atoms with E-state index in [0.29, 0.717) is 17.5 Å². The van der Waals surface area contributed by atoms with Crippen LogP contribution in [0, 0.1) is 0 Å². The number of benzene rings is 9. The minimum Gasteiger partial charge on any atom is -0.208 e. The predicted octanol–water partition coefficient (Wildman–Crippen LogP) is 15.1. The molecular formula is C55H35N3S. The lowest BCUT2D eigenvalue weighted by Crippen LogP contribution is -2.02. The maximum absolute atomic E-state index is 5.40. The molecule has 3 nitrogen and oxygen atoms in total. The van der Waals surface area contributed by atoms with Crippen LogP contribution in [0.25, 0.3) is 110 Å². The number of aromatic nitrogens is 3. The number of fused-ring (bicyclic) bond motifs is 4. The molecule has 11 rings (SSSR count). The highest BCUT2D eigenvalue weighted by molar-refractivity contribution is 7.26. The summed E-state index contributed by atoms with van der Waals surface area (Å²) in [5.41, 5.74) is 12.1. The van der Waals surface area contributed by atoms with Gasteiger partial charge in [-0.15, -0.1) is 11.3 Å². The van der Waals surface area contributed by atoms with Crippen molar-refractivity contribution >= 4 is 42.3 Å². The van der Waals surface area contributed by atoms with Gasteiger partial charge in [-0.1, -0.05) is 200 Å². The van der Waals surface area contributed by atoms with Gasteiger partial charge in [0, 0.05) is 36.9 Å². The second kappa shape index (κ2) is 14.8. The number of hydrogen-bond acceptors (Lipinski definition) is 4. The van der Waals surface area contributed by atoms with Crippen LogP contribution in [0.3, 0.4) is 0 Å². The molecule has 11 aromatic rings. The van der Waals surface area contributed by atoms with Crippen molar-refractivity contribution < 1.29 is 0 Å². The topological polar surface area (TPSA) is 38.7 Å². The van der Waals surface area contributed by atoms with Gasteiger partial charge in [-0.05, 0) is 67.4 Å². The molecule has 0 aliphatic heterocycles. The molecule has 59 heavy (non-hydrogen) atoms. The quantitative estimate of drug-likeness (QED) is 0.162. The summed E-state index contributed by atoms with van der Waals surface area (Å²) in [6.07, 6.45) is 0. The van der Waals surface area contributed by atoms with E-state index in [0.717, 1.165) is 49.7 Å². The lowest BCUT2D eigenvalue weighted by atomic mass is 9.92. The standard InChI is InChI=1S/C55H35N3S/c1-3-12-36(13-4-1)38-22-24-40(25-23-38)41-28-32-44(33-29-41)53-56-54(49-20-11-19-48-47-18-9-10-21-50(47)59-52(48)49)58-55(57-53)51-45-17-8-7-16-42(45)34-35-46(51)43-30-26-39(27-31-43)37-14-5-2-6-15-37/h1-35H. The zero-order valence-electron chi connectivity index (χ0n) is 32.0. The van der Waals surface area contributed by atoms with E-state index in [1.807, 2.05) is 6.07 Å². The zero-order chi connectivity index (χ0) is 39.1. The number of nitrogens with zero attached hydrogens (tertiary/aromatic N) is 3. The van der Waals surface area contributed by atoms with Gasteiger partial charge in [0.05, 0.1) is 0 Å². The summed E-state index contributed by atoms with van der Waals surface area (Å²) < 4.78 is 2.41. The first-order valence-corrected chi connectivity index (χ1v) is 20.7. The fourth-order valence-corrected chi connectivity index (χ4v) is 9.40. The molecule has 4 heteroatoms. The predicted molar refractivity (Wildman–Crippen MR) is 248 cm³/mol.